The molecule has 8 heteroatoms. The van der Waals surface area contributed by atoms with Gasteiger partial charge in [-0.3, -0.25) is 15.5 Å². The number of aromatic nitrogens is 1. The maximum atomic E-state index is 10.6. The molecule has 0 aliphatic carbocycles. The molecular formula is C10H8N4O3S. The summed E-state index contributed by atoms with van der Waals surface area (Å²) in [4.78, 5) is 13.9. The van der Waals surface area contributed by atoms with Gasteiger partial charge in [-0.25, -0.2) is 4.98 Å². The highest BCUT2D eigenvalue weighted by atomic mass is 32.1. The molecule has 0 radical (unpaired) electrons. The molecule has 0 saturated carbocycles. The Morgan fingerprint density at radius 2 is 2.39 bits per heavy atom. The molecule has 1 heterocycles. The minimum Gasteiger partial charge on any atom is -0.502 e. The number of rotatable bonds is 4. The first-order chi connectivity index (χ1) is 8.66. The number of phenols is 1. The van der Waals surface area contributed by atoms with Gasteiger partial charge in [-0.1, -0.05) is 0 Å². The van der Waals surface area contributed by atoms with Gasteiger partial charge in [0.25, 0.3) is 0 Å². The van der Waals surface area contributed by atoms with E-state index in [9.17, 15) is 15.2 Å². The summed E-state index contributed by atoms with van der Waals surface area (Å²) in [6.07, 6.45) is 3.04. The quantitative estimate of drug-likeness (QED) is 0.501. The van der Waals surface area contributed by atoms with Crippen LogP contribution >= 0.6 is 11.3 Å². The van der Waals surface area contributed by atoms with E-state index in [1.54, 1.807) is 11.6 Å². The average Bonchev–Trinajstić information content (AvgIpc) is 2.84. The predicted molar refractivity (Wildman–Crippen MR) is 68.1 cm³/mol. The van der Waals surface area contributed by atoms with E-state index in [-0.39, 0.29) is 11.4 Å². The molecule has 2 N–H and O–H groups in total. The van der Waals surface area contributed by atoms with Crippen molar-refractivity contribution >= 4 is 28.4 Å². The zero-order chi connectivity index (χ0) is 13.0. The third-order valence-corrected chi connectivity index (χ3v) is 2.68. The summed E-state index contributed by atoms with van der Waals surface area (Å²) in [5, 5.41) is 26.2. The normalized spacial score (nSPS) is 10.7. The molecule has 2 rings (SSSR count). The molecule has 0 spiro atoms. The van der Waals surface area contributed by atoms with Crippen molar-refractivity contribution in [1.29, 1.82) is 0 Å². The van der Waals surface area contributed by atoms with E-state index in [4.69, 9.17) is 0 Å². The highest BCUT2D eigenvalue weighted by molar-refractivity contribution is 7.13. The summed E-state index contributed by atoms with van der Waals surface area (Å²) in [7, 11) is 0. The van der Waals surface area contributed by atoms with Crippen LogP contribution in [0.25, 0.3) is 0 Å². The summed E-state index contributed by atoms with van der Waals surface area (Å²) >= 11 is 1.38. The van der Waals surface area contributed by atoms with E-state index < -0.39 is 4.92 Å². The molecule has 1 aromatic heterocycles. The van der Waals surface area contributed by atoms with Crippen LogP contribution in [-0.4, -0.2) is 21.2 Å². The van der Waals surface area contributed by atoms with E-state index in [1.807, 2.05) is 0 Å². The first-order valence-corrected chi connectivity index (χ1v) is 5.71. The molecule has 0 atom stereocenters. The Morgan fingerprint density at radius 1 is 1.56 bits per heavy atom. The molecule has 0 amide bonds. The predicted octanol–water partition coefficient (Wildman–Crippen LogP) is 2.20. The van der Waals surface area contributed by atoms with Gasteiger partial charge in [0.15, 0.2) is 5.75 Å². The summed E-state index contributed by atoms with van der Waals surface area (Å²) in [5.41, 5.74) is 2.83. The lowest BCUT2D eigenvalue weighted by atomic mass is 10.2. The fraction of sp³-hybridized carbons (Fsp3) is 0. The smallest absolute Gasteiger partial charge is 0.311 e. The molecule has 0 unspecified atom stereocenters. The Morgan fingerprint density at radius 3 is 3.06 bits per heavy atom. The zero-order valence-electron chi connectivity index (χ0n) is 8.98. The molecule has 0 aliphatic heterocycles. The van der Waals surface area contributed by atoms with Gasteiger partial charge >= 0.3 is 5.69 Å². The number of nitrogens with zero attached hydrogens (tertiary/aromatic N) is 3. The largest absolute Gasteiger partial charge is 0.502 e. The fourth-order valence-corrected chi connectivity index (χ4v) is 1.69. The standard InChI is InChI=1S/C10H8N4O3S/c15-9-2-1-7(5-8(9)14(16)17)6-12-13-10-11-3-4-18-10/h1-6,15H,(H,11,13)/b12-6+. The summed E-state index contributed by atoms with van der Waals surface area (Å²) < 4.78 is 0. The van der Waals surface area contributed by atoms with E-state index in [2.05, 4.69) is 15.5 Å². The number of thiazole rings is 1. The van der Waals surface area contributed by atoms with Gasteiger partial charge in [-0.05, 0) is 12.1 Å². The van der Waals surface area contributed by atoms with Crippen LogP contribution in [0.4, 0.5) is 10.8 Å². The lowest BCUT2D eigenvalue weighted by Gasteiger charge is -1.97. The molecule has 7 nitrogen and oxygen atoms in total. The number of benzene rings is 1. The van der Waals surface area contributed by atoms with Gasteiger partial charge in [-0.2, -0.15) is 5.10 Å². The van der Waals surface area contributed by atoms with Gasteiger partial charge in [0.2, 0.25) is 5.13 Å². The number of nitrogens with one attached hydrogen (secondary N) is 1. The van der Waals surface area contributed by atoms with Crippen LogP contribution in [0.15, 0.2) is 34.9 Å². The van der Waals surface area contributed by atoms with Crippen molar-refractivity contribution in [3.05, 3.63) is 45.5 Å². The SMILES string of the molecule is O=[N+]([O-])c1cc(/C=N/Nc2nccs2)ccc1O. The van der Waals surface area contributed by atoms with Crippen molar-refractivity contribution in [1.82, 2.24) is 4.98 Å². The highest BCUT2D eigenvalue weighted by Crippen LogP contribution is 2.25. The summed E-state index contributed by atoms with van der Waals surface area (Å²) in [6, 6.07) is 4.01. The van der Waals surface area contributed by atoms with Crippen LogP contribution in [0.5, 0.6) is 5.75 Å². The molecule has 92 valence electrons. The first kappa shape index (κ1) is 12.0. The topological polar surface area (TPSA) is 101 Å². The monoisotopic (exact) mass is 264 g/mol. The van der Waals surface area contributed by atoms with E-state index >= 15 is 0 Å². The molecule has 18 heavy (non-hydrogen) atoms. The number of phenolic OH excluding ortho intramolecular Hbond substituents is 1. The molecule has 0 bridgehead atoms. The Bertz CT molecular complexity index is 583. The van der Waals surface area contributed by atoms with Gasteiger partial charge in [0, 0.05) is 23.2 Å². The molecular weight excluding hydrogens is 256 g/mol. The van der Waals surface area contributed by atoms with Crippen molar-refractivity contribution in [3.63, 3.8) is 0 Å². The number of nitro groups is 1. The van der Waals surface area contributed by atoms with Crippen molar-refractivity contribution in [2.75, 3.05) is 5.43 Å². The van der Waals surface area contributed by atoms with Crippen molar-refractivity contribution in [2.24, 2.45) is 5.10 Å². The fourth-order valence-electron chi connectivity index (χ4n) is 1.21. The first-order valence-electron chi connectivity index (χ1n) is 4.83. The van der Waals surface area contributed by atoms with E-state index in [1.165, 1.54) is 35.8 Å². The second-order valence-corrected chi connectivity index (χ2v) is 4.11. The third kappa shape index (κ3) is 2.80. The maximum absolute atomic E-state index is 10.6. The molecule has 0 saturated heterocycles. The van der Waals surface area contributed by atoms with Crippen LogP contribution < -0.4 is 5.43 Å². The van der Waals surface area contributed by atoms with Crippen LogP contribution in [0.1, 0.15) is 5.56 Å². The number of anilines is 1. The van der Waals surface area contributed by atoms with Crippen LogP contribution in [0.2, 0.25) is 0 Å². The molecule has 1 aromatic carbocycles. The Labute approximate surface area is 106 Å². The highest BCUT2D eigenvalue weighted by Gasteiger charge is 2.12. The Balaban J connectivity index is 2.12. The molecule has 2 aromatic rings. The summed E-state index contributed by atoms with van der Waals surface area (Å²) in [5.74, 6) is -0.370. The maximum Gasteiger partial charge on any atom is 0.311 e. The van der Waals surface area contributed by atoms with E-state index in [0.29, 0.717) is 10.7 Å². The lowest BCUT2D eigenvalue weighted by molar-refractivity contribution is -0.385. The van der Waals surface area contributed by atoms with Gasteiger partial charge < -0.3 is 5.11 Å². The Hall–Kier alpha value is -2.48. The van der Waals surface area contributed by atoms with Gasteiger partial charge in [-0.15, -0.1) is 11.3 Å². The Kier molecular flexibility index (Phi) is 3.49. The average molecular weight is 264 g/mol. The van der Waals surface area contributed by atoms with Gasteiger partial charge in [0.05, 0.1) is 11.1 Å². The van der Waals surface area contributed by atoms with Crippen molar-refractivity contribution in [3.8, 4) is 5.75 Å². The van der Waals surface area contributed by atoms with Gasteiger partial charge in [0.1, 0.15) is 0 Å². The second kappa shape index (κ2) is 5.23. The summed E-state index contributed by atoms with van der Waals surface area (Å²) in [6.45, 7) is 0. The number of nitro benzene ring substituents is 1. The van der Waals surface area contributed by atoms with Crippen molar-refractivity contribution < 1.29 is 10.0 Å². The van der Waals surface area contributed by atoms with E-state index in [0.717, 1.165) is 0 Å². The van der Waals surface area contributed by atoms with Crippen LogP contribution in [-0.2, 0) is 0 Å². The molecule has 0 fully saturated rings. The van der Waals surface area contributed by atoms with Crippen LogP contribution in [0, 0.1) is 10.1 Å². The second-order valence-electron chi connectivity index (χ2n) is 3.21. The van der Waals surface area contributed by atoms with Crippen LogP contribution in [0.3, 0.4) is 0 Å². The number of hydrogen-bond acceptors (Lipinski definition) is 7. The minimum absolute atomic E-state index is 0.354. The minimum atomic E-state index is -0.652. The number of aromatic hydroxyl groups is 1. The lowest BCUT2D eigenvalue weighted by Crippen LogP contribution is -1.93. The van der Waals surface area contributed by atoms with Crippen molar-refractivity contribution in [2.45, 2.75) is 0 Å². The number of hydrogen-bond donors (Lipinski definition) is 2. The third-order valence-electron chi connectivity index (χ3n) is 2.00. The zero-order valence-corrected chi connectivity index (χ0v) is 9.79. The molecule has 0 aliphatic rings. The number of hydrazone groups is 1.